The van der Waals surface area contributed by atoms with Crippen molar-refractivity contribution in [2.45, 2.75) is 17.7 Å². The number of primary amides is 1. The summed E-state index contributed by atoms with van der Waals surface area (Å²) >= 11 is 8.77. The summed E-state index contributed by atoms with van der Waals surface area (Å²) in [6, 6.07) is 12.7. The van der Waals surface area contributed by atoms with Gasteiger partial charge in [0.25, 0.3) is 0 Å². The number of carbonyl (C=O) groups excluding carboxylic acids is 2. The van der Waals surface area contributed by atoms with Crippen molar-refractivity contribution in [1.82, 2.24) is 10.2 Å². The molecule has 0 saturated heterocycles. The Balaban J connectivity index is 1.63. The van der Waals surface area contributed by atoms with E-state index in [1.807, 2.05) is 25.1 Å². The Labute approximate surface area is 199 Å². The van der Waals surface area contributed by atoms with Gasteiger partial charge in [0.05, 0.1) is 12.9 Å². The molecule has 1 heterocycles. The van der Waals surface area contributed by atoms with Crippen molar-refractivity contribution < 1.29 is 14.3 Å². The van der Waals surface area contributed by atoms with Gasteiger partial charge in [0, 0.05) is 29.4 Å². The van der Waals surface area contributed by atoms with Gasteiger partial charge in [0.2, 0.25) is 16.9 Å². The summed E-state index contributed by atoms with van der Waals surface area (Å²) in [5.41, 5.74) is 7.73. The maximum atomic E-state index is 12.9. The molecule has 2 amide bonds. The highest BCUT2D eigenvalue weighted by Crippen LogP contribution is 2.30. The zero-order chi connectivity index (χ0) is 23.1. The number of hydrogen-bond donors (Lipinski definition) is 2. The fraction of sp³-hybridized carbons (Fsp3) is 0.238. The molecule has 32 heavy (non-hydrogen) atoms. The van der Waals surface area contributed by atoms with Gasteiger partial charge in [-0.15, -0.1) is 10.2 Å². The molecule has 3 rings (SSSR count). The van der Waals surface area contributed by atoms with E-state index in [-0.39, 0.29) is 24.6 Å². The summed E-state index contributed by atoms with van der Waals surface area (Å²) in [5.74, 6) is 0.168. The molecule has 0 fully saturated rings. The maximum absolute atomic E-state index is 12.9. The average Bonchev–Trinajstić information content (AvgIpc) is 3.22. The van der Waals surface area contributed by atoms with Crippen LogP contribution < -0.4 is 20.7 Å². The summed E-state index contributed by atoms with van der Waals surface area (Å²) in [4.78, 5) is 25.7. The topological polar surface area (TPSA) is 110 Å². The van der Waals surface area contributed by atoms with Crippen molar-refractivity contribution in [3.05, 3.63) is 53.1 Å². The highest BCUT2D eigenvalue weighted by atomic mass is 35.5. The molecule has 0 radical (unpaired) electrons. The number of carbonyl (C=O) groups is 2. The Morgan fingerprint density at radius 1 is 1.22 bits per heavy atom. The van der Waals surface area contributed by atoms with Crippen LogP contribution in [-0.4, -0.2) is 41.4 Å². The van der Waals surface area contributed by atoms with E-state index in [2.05, 4.69) is 15.5 Å². The van der Waals surface area contributed by atoms with Crippen LogP contribution in [0.1, 0.15) is 12.0 Å². The van der Waals surface area contributed by atoms with E-state index in [1.54, 1.807) is 31.4 Å². The fourth-order valence-corrected chi connectivity index (χ4v) is 4.52. The van der Waals surface area contributed by atoms with Crippen LogP contribution >= 0.6 is 34.7 Å². The van der Waals surface area contributed by atoms with Crippen LogP contribution in [0.3, 0.4) is 0 Å². The lowest BCUT2D eigenvalue weighted by Gasteiger charge is -2.22. The van der Waals surface area contributed by atoms with E-state index in [0.29, 0.717) is 25.9 Å². The minimum Gasteiger partial charge on any atom is -0.497 e. The molecule has 2 aromatic carbocycles. The molecule has 0 bridgehead atoms. The SMILES string of the molecule is COc1ccc(N(CCC(N)=O)C(=O)CSc2nnc(Nc3ccc(C)c(Cl)c3)s2)cc1. The van der Waals surface area contributed by atoms with Crippen LogP contribution in [0.25, 0.3) is 0 Å². The quantitative estimate of drug-likeness (QED) is 0.408. The standard InChI is InChI=1S/C21H22ClN5O3S2/c1-13-3-4-14(11-17(13)22)24-20-25-26-21(32-20)31-12-19(29)27(10-9-18(23)28)15-5-7-16(30-2)8-6-15/h3-8,11H,9-10,12H2,1-2H3,(H2,23,28)(H,24,25). The molecule has 0 atom stereocenters. The zero-order valence-electron chi connectivity index (χ0n) is 17.5. The summed E-state index contributed by atoms with van der Waals surface area (Å²) in [7, 11) is 1.57. The lowest BCUT2D eigenvalue weighted by atomic mass is 10.2. The fourth-order valence-electron chi connectivity index (χ4n) is 2.70. The van der Waals surface area contributed by atoms with Crippen LogP contribution in [0, 0.1) is 6.92 Å². The van der Waals surface area contributed by atoms with Crippen LogP contribution in [0.4, 0.5) is 16.5 Å². The van der Waals surface area contributed by atoms with Gasteiger partial charge in [-0.2, -0.15) is 0 Å². The first-order valence-electron chi connectivity index (χ1n) is 9.58. The second-order valence-electron chi connectivity index (χ2n) is 6.71. The molecule has 168 valence electrons. The number of rotatable bonds is 10. The molecule has 1 aromatic heterocycles. The summed E-state index contributed by atoms with van der Waals surface area (Å²) < 4.78 is 5.80. The average molecular weight is 492 g/mol. The highest BCUT2D eigenvalue weighted by Gasteiger charge is 2.18. The second-order valence-corrected chi connectivity index (χ2v) is 9.32. The number of benzene rings is 2. The first-order valence-corrected chi connectivity index (χ1v) is 11.8. The number of nitrogens with one attached hydrogen (secondary N) is 1. The molecule has 3 aromatic rings. The number of methoxy groups -OCH3 is 1. The van der Waals surface area contributed by atoms with Gasteiger partial charge in [0.1, 0.15) is 5.75 Å². The van der Waals surface area contributed by atoms with E-state index in [1.165, 1.54) is 28.0 Å². The van der Waals surface area contributed by atoms with Crippen molar-refractivity contribution in [3.8, 4) is 5.75 Å². The number of amides is 2. The molecule has 3 N–H and O–H groups in total. The van der Waals surface area contributed by atoms with Crippen LogP contribution in [-0.2, 0) is 9.59 Å². The number of anilines is 3. The van der Waals surface area contributed by atoms with E-state index in [0.717, 1.165) is 11.3 Å². The first-order chi connectivity index (χ1) is 15.4. The van der Waals surface area contributed by atoms with Gasteiger partial charge in [-0.1, -0.05) is 40.8 Å². The lowest BCUT2D eigenvalue weighted by molar-refractivity contribution is -0.118. The highest BCUT2D eigenvalue weighted by molar-refractivity contribution is 8.01. The molecular formula is C21H22ClN5O3S2. The van der Waals surface area contributed by atoms with Gasteiger partial charge >= 0.3 is 0 Å². The largest absolute Gasteiger partial charge is 0.497 e. The molecule has 11 heteroatoms. The van der Waals surface area contributed by atoms with Crippen LogP contribution in [0.2, 0.25) is 5.02 Å². The second kappa shape index (κ2) is 11.2. The van der Waals surface area contributed by atoms with Crippen LogP contribution in [0.15, 0.2) is 46.8 Å². The summed E-state index contributed by atoms with van der Waals surface area (Å²) in [5, 5.41) is 12.7. The number of ether oxygens (including phenoxy) is 1. The molecule has 0 aliphatic heterocycles. The maximum Gasteiger partial charge on any atom is 0.237 e. The van der Waals surface area contributed by atoms with Crippen molar-refractivity contribution in [3.63, 3.8) is 0 Å². The van der Waals surface area contributed by atoms with E-state index in [4.69, 9.17) is 22.1 Å². The first kappa shape index (κ1) is 23.8. The van der Waals surface area contributed by atoms with E-state index < -0.39 is 5.91 Å². The molecule has 0 saturated carbocycles. The summed E-state index contributed by atoms with van der Waals surface area (Å²) in [6.07, 6.45) is 0.0639. The minimum atomic E-state index is -0.472. The van der Waals surface area contributed by atoms with E-state index in [9.17, 15) is 9.59 Å². The van der Waals surface area contributed by atoms with Gasteiger partial charge in [0.15, 0.2) is 4.34 Å². The number of aromatic nitrogens is 2. The van der Waals surface area contributed by atoms with Crippen molar-refractivity contribution >= 4 is 63.0 Å². The number of nitrogens with two attached hydrogens (primary N) is 1. The molecule has 8 nitrogen and oxygen atoms in total. The third kappa shape index (κ3) is 6.59. The summed E-state index contributed by atoms with van der Waals surface area (Å²) in [6.45, 7) is 2.12. The Hall–Kier alpha value is -2.82. The third-order valence-electron chi connectivity index (χ3n) is 4.42. The lowest BCUT2D eigenvalue weighted by Crippen LogP contribution is -2.35. The zero-order valence-corrected chi connectivity index (χ0v) is 19.9. The Bertz CT molecular complexity index is 1090. The molecule has 0 spiro atoms. The number of aryl methyl sites for hydroxylation is 1. The van der Waals surface area contributed by atoms with Gasteiger partial charge in [-0.3, -0.25) is 9.59 Å². The number of halogens is 1. The molecular weight excluding hydrogens is 470 g/mol. The van der Waals surface area contributed by atoms with Gasteiger partial charge in [-0.05, 0) is 48.9 Å². The number of thioether (sulfide) groups is 1. The van der Waals surface area contributed by atoms with Crippen molar-refractivity contribution in [2.24, 2.45) is 5.73 Å². The Morgan fingerprint density at radius 2 is 1.97 bits per heavy atom. The molecule has 0 aliphatic carbocycles. The monoisotopic (exact) mass is 491 g/mol. The van der Waals surface area contributed by atoms with Crippen molar-refractivity contribution in [1.29, 1.82) is 0 Å². The Kier molecular flexibility index (Phi) is 8.32. The van der Waals surface area contributed by atoms with Gasteiger partial charge < -0.3 is 20.7 Å². The van der Waals surface area contributed by atoms with Gasteiger partial charge in [-0.25, -0.2) is 0 Å². The smallest absolute Gasteiger partial charge is 0.237 e. The predicted octanol–water partition coefficient (Wildman–Crippen LogP) is 4.25. The predicted molar refractivity (Wildman–Crippen MR) is 129 cm³/mol. The normalized spacial score (nSPS) is 10.6. The van der Waals surface area contributed by atoms with Crippen LogP contribution in [0.5, 0.6) is 5.75 Å². The third-order valence-corrected chi connectivity index (χ3v) is 6.78. The molecule has 0 aliphatic rings. The number of hydrogen-bond acceptors (Lipinski definition) is 8. The van der Waals surface area contributed by atoms with Crippen molar-refractivity contribution in [2.75, 3.05) is 29.6 Å². The van der Waals surface area contributed by atoms with E-state index >= 15 is 0 Å². The number of nitrogens with zero attached hydrogens (tertiary/aromatic N) is 3. The minimum absolute atomic E-state index is 0.0639. The molecule has 0 unspecified atom stereocenters. The Morgan fingerprint density at radius 3 is 2.62 bits per heavy atom.